The lowest BCUT2D eigenvalue weighted by Gasteiger charge is -2.07. The van der Waals surface area contributed by atoms with Gasteiger partial charge in [-0.25, -0.2) is 0 Å². The fraction of sp³-hybridized carbons (Fsp3) is 0.300. The standard InChI is InChI=1S/C20H24N2O2S2/c1-3-15-5-9-17(10-6-15)21-19(23)13-25-26-14-20(24)22-18-11-7-16(4-2)8-12-18/h5-12H,3-4,13-14H2,1-2H3,(H,21,23)(H,22,24). The summed E-state index contributed by atoms with van der Waals surface area (Å²) in [5.74, 6) is 0.474. The molecular formula is C20H24N2O2S2. The molecule has 0 fully saturated rings. The first-order chi connectivity index (χ1) is 12.6. The van der Waals surface area contributed by atoms with Crippen LogP contribution in [0.3, 0.4) is 0 Å². The van der Waals surface area contributed by atoms with Crippen molar-refractivity contribution in [2.75, 3.05) is 22.1 Å². The number of anilines is 2. The summed E-state index contributed by atoms with van der Waals surface area (Å²) < 4.78 is 0. The van der Waals surface area contributed by atoms with E-state index in [-0.39, 0.29) is 11.8 Å². The van der Waals surface area contributed by atoms with E-state index < -0.39 is 0 Å². The van der Waals surface area contributed by atoms with Gasteiger partial charge in [-0.1, -0.05) is 59.7 Å². The monoisotopic (exact) mass is 388 g/mol. The molecule has 0 heterocycles. The molecule has 2 amide bonds. The highest BCUT2D eigenvalue weighted by molar-refractivity contribution is 8.77. The van der Waals surface area contributed by atoms with Crippen molar-refractivity contribution in [1.29, 1.82) is 0 Å². The first kappa shape index (κ1) is 20.4. The molecule has 138 valence electrons. The fourth-order valence-corrected chi connectivity index (χ4v) is 3.90. The van der Waals surface area contributed by atoms with Crippen molar-refractivity contribution in [2.45, 2.75) is 26.7 Å². The van der Waals surface area contributed by atoms with Gasteiger partial charge in [0.15, 0.2) is 0 Å². The Morgan fingerprint density at radius 3 is 1.35 bits per heavy atom. The normalized spacial score (nSPS) is 10.4. The average Bonchev–Trinajstić information content (AvgIpc) is 2.66. The Bertz CT molecular complexity index is 652. The van der Waals surface area contributed by atoms with Crippen LogP contribution in [0.4, 0.5) is 11.4 Å². The number of rotatable bonds is 9. The van der Waals surface area contributed by atoms with Gasteiger partial charge < -0.3 is 10.6 Å². The SMILES string of the molecule is CCc1ccc(NC(=O)CSSCC(=O)Nc2ccc(CC)cc2)cc1. The Labute approximate surface area is 162 Å². The van der Waals surface area contributed by atoms with Gasteiger partial charge in [-0.15, -0.1) is 0 Å². The molecule has 6 heteroatoms. The summed E-state index contributed by atoms with van der Waals surface area (Å²) in [6.07, 6.45) is 1.96. The van der Waals surface area contributed by atoms with E-state index in [0.717, 1.165) is 24.2 Å². The van der Waals surface area contributed by atoms with Gasteiger partial charge in [0.2, 0.25) is 11.8 Å². The summed E-state index contributed by atoms with van der Waals surface area (Å²) in [4.78, 5) is 23.8. The molecule has 4 nitrogen and oxygen atoms in total. The summed E-state index contributed by atoms with van der Waals surface area (Å²) in [6, 6.07) is 15.7. The zero-order chi connectivity index (χ0) is 18.8. The third-order valence-corrected chi connectivity index (χ3v) is 5.89. The zero-order valence-corrected chi connectivity index (χ0v) is 16.7. The van der Waals surface area contributed by atoms with Gasteiger partial charge in [0.05, 0.1) is 11.5 Å². The number of carbonyl (C=O) groups is 2. The van der Waals surface area contributed by atoms with Crippen molar-refractivity contribution < 1.29 is 9.59 Å². The summed E-state index contributed by atoms with van der Waals surface area (Å²) in [7, 11) is 2.75. The molecule has 0 aliphatic heterocycles. The molecule has 2 rings (SSSR count). The second-order valence-corrected chi connectivity index (χ2v) is 8.18. The second kappa shape index (κ2) is 10.9. The molecule has 2 aromatic rings. The number of benzene rings is 2. The molecule has 0 atom stereocenters. The van der Waals surface area contributed by atoms with Crippen molar-refractivity contribution in [3.8, 4) is 0 Å². The first-order valence-corrected chi connectivity index (χ1v) is 11.1. The van der Waals surface area contributed by atoms with Gasteiger partial charge in [-0.2, -0.15) is 0 Å². The van der Waals surface area contributed by atoms with Crippen molar-refractivity contribution in [2.24, 2.45) is 0 Å². The molecule has 0 aromatic heterocycles. The van der Waals surface area contributed by atoms with Crippen LogP contribution in [-0.2, 0) is 22.4 Å². The lowest BCUT2D eigenvalue weighted by atomic mass is 10.1. The Morgan fingerprint density at radius 1 is 0.692 bits per heavy atom. The summed E-state index contributed by atoms with van der Waals surface area (Å²) in [5, 5.41) is 5.72. The van der Waals surface area contributed by atoms with Crippen molar-refractivity contribution >= 4 is 44.8 Å². The molecule has 0 unspecified atom stereocenters. The third kappa shape index (κ3) is 7.14. The zero-order valence-electron chi connectivity index (χ0n) is 15.1. The number of amides is 2. The van der Waals surface area contributed by atoms with Gasteiger partial charge in [-0.3, -0.25) is 9.59 Å². The Hall–Kier alpha value is -1.92. The van der Waals surface area contributed by atoms with Gasteiger partial charge in [0.1, 0.15) is 0 Å². The minimum atomic E-state index is -0.0673. The largest absolute Gasteiger partial charge is 0.325 e. The predicted octanol–water partition coefficient (Wildman–Crippen LogP) is 4.77. The van der Waals surface area contributed by atoms with Crippen molar-refractivity contribution in [1.82, 2.24) is 0 Å². The van der Waals surface area contributed by atoms with Gasteiger partial charge in [0.25, 0.3) is 0 Å². The van der Waals surface area contributed by atoms with Gasteiger partial charge in [0, 0.05) is 11.4 Å². The molecule has 0 bridgehead atoms. The molecule has 26 heavy (non-hydrogen) atoms. The molecule has 0 spiro atoms. The smallest absolute Gasteiger partial charge is 0.235 e. The third-order valence-electron chi connectivity index (χ3n) is 3.76. The number of nitrogens with one attached hydrogen (secondary N) is 2. The number of carbonyl (C=O) groups excluding carboxylic acids is 2. The van der Waals surface area contributed by atoms with Gasteiger partial charge in [-0.05, 0) is 48.2 Å². The lowest BCUT2D eigenvalue weighted by Crippen LogP contribution is -2.15. The van der Waals surface area contributed by atoms with Crippen LogP contribution in [0.15, 0.2) is 48.5 Å². The van der Waals surface area contributed by atoms with E-state index in [1.807, 2.05) is 48.5 Å². The Morgan fingerprint density at radius 2 is 1.04 bits per heavy atom. The fourth-order valence-electron chi connectivity index (χ4n) is 2.23. The van der Waals surface area contributed by atoms with E-state index in [1.54, 1.807) is 0 Å². The van der Waals surface area contributed by atoms with Crippen molar-refractivity contribution in [3.63, 3.8) is 0 Å². The molecule has 0 aliphatic carbocycles. The molecule has 0 saturated heterocycles. The van der Waals surface area contributed by atoms with E-state index in [2.05, 4.69) is 24.5 Å². The van der Waals surface area contributed by atoms with E-state index in [9.17, 15) is 9.59 Å². The maximum atomic E-state index is 11.9. The number of hydrogen-bond donors (Lipinski definition) is 2. The highest BCUT2D eigenvalue weighted by Crippen LogP contribution is 2.22. The van der Waals surface area contributed by atoms with Crippen LogP contribution >= 0.6 is 21.6 Å². The van der Waals surface area contributed by atoms with Crippen LogP contribution in [-0.4, -0.2) is 23.3 Å². The van der Waals surface area contributed by atoms with Crippen LogP contribution < -0.4 is 10.6 Å². The Balaban J connectivity index is 1.63. The average molecular weight is 389 g/mol. The maximum absolute atomic E-state index is 11.9. The highest BCUT2D eigenvalue weighted by Gasteiger charge is 2.06. The molecular weight excluding hydrogens is 364 g/mol. The molecule has 0 radical (unpaired) electrons. The molecule has 0 saturated carbocycles. The first-order valence-electron chi connectivity index (χ1n) is 8.62. The van der Waals surface area contributed by atoms with Crippen LogP contribution in [0.5, 0.6) is 0 Å². The van der Waals surface area contributed by atoms with Crippen LogP contribution in [0, 0.1) is 0 Å². The minimum absolute atomic E-state index is 0.0673. The number of aryl methyl sites for hydroxylation is 2. The van der Waals surface area contributed by atoms with E-state index in [1.165, 1.54) is 32.7 Å². The van der Waals surface area contributed by atoms with E-state index in [4.69, 9.17) is 0 Å². The lowest BCUT2D eigenvalue weighted by molar-refractivity contribution is -0.114. The van der Waals surface area contributed by atoms with E-state index in [0.29, 0.717) is 11.5 Å². The summed E-state index contributed by atoms with van der Waals surface area (Å²) in [5.41, 5.74) is 4.07. The quantitative estimate of drug-likeness (QED) is 0.480. The van der Waals surface area contributed by atoms with Crippen molar-refractivity contribution in [3.05, 3.63) is 59.7 Å². The second-order valence-electron chi connectivity index (χ2n) is 5.72. The number of hydrogen-bond acceptors (Lipinski definition) is 4. The predicted molar refractivity (Wildman–Crippen MR) is 114 cm³/mol. The minimum Gasteiger partial charge on any atom is -0.325 e. The molecule has 2 N–H and O–H groups in total. The van der Waals surface area contributed by atoms with Gasteiger partial charge >= 0.3 is 0 Å². The Kier molecular flexibility index (Phi) is 8.58. The van der Waals surface area contributed by atoms with Crippen LogP contribution in [0.25, 0.3) is 0 Å². The van der Waals surface area contributed by atoms with Crippen LogP contribution in [0.2, 0.25) is 0 Å². The van der Waals surface area contributed by atoms with E-state index >= 15 is 0 Å². The van der Waals surface area contributed by atoms with Crippen LogP contribution in [0.1, 0.15) is 25.0 Å². The maximum Gasteiger partial charge on any atom is 0.235 e. The topological polar surface area (TPSA) is 58.2 Å². The highest BCUT2D eigenvalue weighted by atomic mass is 33.1. The summed E-state index contributed by atoms with van der Waals surface area (Å²) >= 11 is 0. The summed E-state index contributed by atoms with van der Waals surface area (Å²) in [6.45, 7) is 4.19. The molecule has 0 aliphatic rings. The molecule has 2 aromatic carbocycles.